The minimum absolute atomic E-state index is 0.207. The number of benzene rings is 2. The van der Waals surface area contributed by atoms with Crippen molar-refractivity contribution in [3.05, 3.63) is 59.2 Å². The Morgan fingerprint density at radius 3 is 2.67 bits per heavy atom. The number of nitriles is 1. The summed E-state index contributed by atoms with van der Waals surface area (Å²) in [7, 11) is 1.51. The highest BCUT2D eigenvalue weighted by molar-refractivity contribution is 5.87. The van der Waals surface area contributed by atoms with Crippen LogP contribution in [-0.2, 0) is 6.61 Å². The van der Waals surface area contributed by atoms with Gasteiger partial charge in [-0.25, -0.2) is 4.79 Å². The fourth-order valence-corrected chi connectivity index (χ4v) is 1.80. The molecular weight excluding hydrogens is 270 g/mol. The summed E-state index contributed by atoms with van der Waals surface area (Å²) in [4.78, 5) is 10.9. The smallest absolute Gasteiger partial charge is 0.335 e. The Bertz CT molecular complexity index is 704. The lowest BCUT2D eigenvalue weighted by Crippen LogP contribution is -2.00. The van der Waals surface area contributed by atoms with E-state index in [0.717, 1.165) is 5.56 Å². The van der Waals surface area contributed by atoms with E-state index in [1.165, 1.54) is 13.2 Å². The molecule has 0 fully saturated rings. The van der Waals surface area contributed by atoms with E-state index in [0.29, 0.717) is 17.1 Å². The molecule has 0 aliphatic rings. The molecule has 5 nitrogen and oxygen atoms in total. The molecule has 0 saturated carbocycles. The second-order valence-electron chi connectivity index (χ2n) is 4.30. The van der Waals surface area contributed by atoms with Crippen LogP contribution < -0.4 is 9.47 Å². The van der Waals surface area contributed by atoms with Crippen LogP contribution in [0.25, 0.3) is 0 Å². The quantitative estimate of drug-likeness (QED) is 0.912. The van der Waals surface area contributed by atoms with E-state index in [-0.39, 0.29) is 12.2 Å². The zero-order valence-electron chi connectivity index (χ0n) is 11.4. The van der Waals surface area contributed by atoms with Gasteiger partial charge in [-0.1, -0.05) is 12.1 Å². The minimum Gasteiger partial charge on any atom is -0.497 e. The van der Waals surface area contributed by atoms with Gasteiger partial charge in [0, 0.05) is 6.07 Å². The number of aromatic carboxylic acids is 1. The highest BCUT2D eigenvalue weighted by Crippen LogP contribution is 2.23. The topological polar surface area (TPSA) is 79.5 Å². The van der Waals surface area contributed by atoms with Crippen LogP contribution in [0.2, 0.25) is 0 Å². The summed E-state index contributed by atoms with van der Waals surface area (Å²) in [5.41, 5.74) is 1.37. The fourth-order valence-electron chi connectivity index (χ4n) is 1.80. The van der Waals surface area contributed by atoms with Crippen molar-refractivity contribution in [3.63, 3.8) is 0 Å². The van der Waals surface area contributed by atoms with Crippen LogP contribution in [0.15, 0.2) is 42.5 Å². The van der Waals surface area contributed by atoms with Crippen molar-refractivity contribution in [3.8, 4) is 17.6 Å². The third-order valence-electron chi connectivity index (χ3n) is 2.82. The van der Waals surface area contributed by atoms with Crippen LogP contribution >= 0.6 is 0 Å². The average molecular weight is 283 g/mol. The molecule has 0 bridgehead atoms. The lowest BCUT2D eigenvalue weighted by atomic mass is 10.1. The molecule has 2 rings (SSSR count). The van der Waals surface area contributed by atoms with Gasteiger partial charge in [-0.15, -0.1) is 0 Å². The van der Waals surface area contributed by atoms with E-state index < -0.39 is 5.97 Å². The first-order valence-electron chi connectivity index (χ1n) is 6.16. The van der Waals surface area contributed by atoms with Crippen molar-refractivity contribution in [2.45, 2.75) is 6.61 Å². The minimum atomic E-state index is -0.981. The van der Waals surface area contributed by atoms with Gasteiger partial charge in [0.1, 0.15) is 18.1 Å². The Morgan fingerprint density at radius 1 is 1.24 bits per heavy atom. The van der Waals surface area contributed by atoms with Crippen LogP contribution in [0.3, 0.4) is 0 Å². The summed E-state index contributed by atoms with van der Waals surface area (Å²) in [6.45, 7) is 0.207. The number of hydrogen-bond acceptors (Lipinski definition) is 4. The highest BCUT2D eigenvalue weighted by atomic mass is 16.5. The van der Waals surface area contributed by atoms with E-state index in [4.69, 9.17) is 19.8 Å². The Hall–Kier alpha value is -3.00. The van der Waals surface area contributed by atoms with Gasteiger partial charge in [-0.3, -0.25) is 0 Å². The molecule has 0 aromatic heterocycles. The number of rotatable bonds is 5. The third kappa shape index (κ3) is 3.74. The van der Waals surface area contributed by atoms with Crippen molar-refractivity contribution in [2.75, 3.05) is 7.11 Å². The van der Waals surface area contributed by atoms with Crippen molar-refractivity contribution in [2.24, 2.45) is 0 Å². The summed E-state index contributed by atoms with van der Waals surface area (Å²) in [5.74, 6) is 0.0416. The first-order chi connectivity index (χ1) is 10.1. The van der Waals surface area contributed by atoms with Gasteiger partial charge in [0.25, 0.3) is 0 Å². The first-order valence-corrected chi connectivity index (χ1v) is 6.16. The van der Waals surface area contributed by atoms with Crippen LogP contribution in [0.1, 0.15) is 21.5 Å². The van der Waals surface area contributed by atoms with Crippen molar-refractivity contribution in [1.29, 1.82) is 5.26 Å². The van der Waals surface area contributed by atoms with E-state index in [2.05, 4.69) is 0 Å². The molecule has 1 N–H and O–H groups in total. The zero-order chi connectivity index (χ0) is 15.2. The Balaban J connectivity index is 2.14. The predicted octanol–water partition coefficient (Wildman–Crippen LogP) is 2.84. The molecule has 5 heteroatoms. The fraction of sp³-hybridized carbons (Fsp3) is 0.125. The monoisotopic (exact) mass is 283 g/mol. The Kier molecular flexibility index (Phi) is 4.42. The Labute approximate surface area is 122 Å². The largest absolute Gasteiger partial charge is 0.497 e. The number of carbonyl (C=O) groups is 1. The molecule has 0 heterocycles. The van der Waals surface area contributed by atoms with E-state index in [1.807, 2.05) is 6.07 Å². The molecule has 0 radical (unpaired) electrons. The van der Waals surface area contributed by atoms with Gasteiger partial charge in [-0.05, 0) is 29.8 Å². The number of hydrogen-bond donors (Lipinski definition) is 1. The number of nitrogens with zero attached hydrogens (tertiary/aromatic N) is 1. The van der Waals surface area contributed by atoms with E-state index in [9.17, 15) is 4.79 Å². The van der Waals surface area contributed by atoms with Gasteiger partial charge >= 0.3 is 5.97 Å². The van der Waals surface area contributed by atoms with Crippen molar-refractivity contribution >= 4 is 5.97 Å². The van der Waals surface area contributed by atoms with Gasteiger partial charge in [0.05, 0.1) is 24.3 Å². The highest BCUT2D eigenvalue weighted by Gasteiger charge is 2.05. The standard InChI is InChI=1S/C16H13NO4/c1-20-14-6-12(9-17)7-15(8-14)21-10-11-3-2-4-13(5-11)16(18)19/h2-8H,10H2,1H3,(H,18,19). The van der Waals surface area contributed by atoms with Gasteiger partial charge in [-0.2, -0.15) is 5.26 Å². The van der Waals surface area contributed by atoms with Crippen LogP contribution in [0, 0.1) is 11.3 Å². The zero-order valence-corrected chi connectivity index (χ0v) is 11.4. The molecule has 0 unspecified atom stereocenters. The van der Waals surface area contributed by atoms with Crippen molar-refractivity contribution in [1.82, 2.24) is 0 Å². The van der Waals surface area contributed by atoms with E-state index >= 15 is 0 Å². The molecule has 2 aromatic rings. The number of methoxy groups -OCH3 is 1. The molecule has 21 heavy (non-hydrogen) atoms. The maximum atomic E-state index is 10.9. The Morgan fingerprint density at radius 2 is 2.00 bits per heavy atom. The van der Waals surface area contributed by atoms with Crippen molar-refractivity contribution < 1.29 is 19.4 Å². The molecule has 2 aromatic carbocycles. The lowest BCUT2D eigenvalue weighted by molar-refractivity contribution is 0.0696. The van der Waals surface area contributed by atoms with Crippen LogP contribution in [0.4, 0.5) is 0 Å². The molecule has 0 amide bonds. The van der Waals surface area contributed by atoms with Gasteiger partial charge < -0.3 is 14.6 Å². The maximum absolute atomic E-state index is 10.9. The predicted molar refractivity (Wildman–Crippen MR) is 75.4 cm³/mol. The van der Waals surface area contributed by atoms with E-state index in [1.54, 1.807) is 36.4 Å². The second kappa shape index (κ2) is 6.44. The average Bonchev–Trinajstić information content (AvgIpc) is 2.52. The summed E-state index contributed by atoms with van der Waals surface area (Å²) >= 11 is 0. The SMILES string of the molecule is COc1cc(C#N)cc(OCc2cccc(C(=O)O)c2)c1. The first kappa shape index (κ1) is 14.4. The molecule has 0 aliphatic heterocycles. The number of ether oxygens (including phenoxy) is 2. The number of carboxylic acids is 1. The van der Waals surface area contributed by atoms with Gasteiger partial charge in [0.15, 0.2) is 0 Å². The lowest BCUT2D eigenvalue weighted by Gasteiger charge is -2.09. The summed E-state index contributed by atoms with van der Waals surface area (Å²) in [6.07, 6.45) is 0. The molecule has 0 saturated heterocycles. The summed E-state index contributed by atoms with van der Waals surface area (Å²) in [5, 5.41) is 17.9. The molecule has 0 atom stereocenters. The molecule has 0 aliphatic carbocycles. The summed E-state index contributed by atoms with van der Waals surface area (Å²) in [6, 6.07) is 13.4. The molecule has 0 spiro atoms. The normalized spacial score (nSPS) is 9.71. The third-order valence-corrected chi connectivity index (χ3v) is 2.82. The molecular formula is C16H13NO4. The van der Waals surface area contributed by atoms with Crippen LogP contribution in [0.5, 0.6) is 11.5 Å². The van der Waals surface area contributed by atoms with Crippen LogP contribution in [-0.4, -0.2) is 18.2 Å². The summed E-state index contributed by atoms with van der Waals surface area (Å²) < 4.78 is 10.7. The van der Waals surface area contributed by atoms with Gasteiger partial charge in [0.2, 0.25) is 0 Å². The second-order valence-corrected chi connectivity index (χ2v) is 4.30. The number of carboxylic acid groups (broad SMARTS) is 1. The molecule has 106 valence electrons. The maximum Gasteiger partial charge on any atom is 0.335 e.